The molecule has 0 aliphatic carbocycles. The molecule has 0 fully saturated rings. The van der Waals surface area contributed by atoms with Crippen molar-refractivity contribution in [1.82, 2.24) is 0 Å². The van der Waals surface area contributed by atoms with E-state index in [2.05, 4.69) is 0 Å². The molecular weight excluding hydrogens is 264 g/mol. The van der Waals surface area contributed by atoms with Gasteiger partial charge >= 0.3 is 12.4 Å². The summed E-state index contributed by atoms with van der Waals surface area (Å²) in [6, 6.07) is 0.625. The van der Waals surface area contributed by atoms with Gasteiger partial charge in [-0.1, -0.05) is 0 Å². The van der Waals surface area contributed by atoms with Crippen LogP contribution >= 0.6 is 0 Å². The summed E-state index contributed by atoms with van der Waals surface area (Å²) >= 11 is 0. The monoisotopic (exact) mass is 271 g/mol. The van der Waals surface area contributed by atoms with Gasteiger partial charge in [-0.2, -0.15) is 26.3 Å². The number of nitrogens with two attached hydrogens (primary N) is 1. The lowest BCUT2D eigenvalue weighted by atomic mass is 9.97. The number of primary amides is 1. The third-order valence-corrected chi connectivity index (χ3v) is 2.30. The van der Waals surface area contributed by atoms with Gasteiger partial charge in [-0.25, -0.2) is 0 Å². The molecule has 0 saturated carbocycles. The normalized spacial score (nSPS) is 12.6. The van der Waals surface area contributed by atoms with Crippen LogP contribution in [0.15, 0.2) is 12.1 Å². The van der Waals surface area contributed by atoms with Gasteiger partial charge in [0.2, 0.25) is 5.91 Å². The lowest BCUT2D eigenvalue weighted by Gasteiger charge is -2.17. The first kappa shape index (κ1) is 14.3. The second kappa shape index (κ2) is 4.18. The van der Waals surface area contributed by atoms with E-state index >= 15 is 0 Å². The van der Waals surface area contributed by atoms with Gasteiger partial charge in [0, 0.05) is 5.56 Å². The summed E-state index contributed by atoms with van der Waals surface area (Å²) in [5.41, 5.74) is -0.149. The van der Waals surface area contributed by atoms with Crippen LogP contribution in [-0.4, -0.2) is 5.91 Å². The first-order valence-corrected chi connectivity index (χ1v) is 4.53. The molecule has 8 heteroatoms. The molecule has 18 heavy (non-hydrogen) atoms. The smallest absolute Gasteiger partial charge is 0.366 e. The third-order valence-electron chi connectivity index (χ3n) is 2.30. The Morgan fingerprint density at radius 2 is 1.33 bits per heavy atom. The van der Waals surface area contributed by atoms with Crippen LogP contribution in [0.5, 0.6) is 0 Å². The molecule has 0 unspecified atom stereocenters. The second-order valence-corrected chi connectivity index (χ2v) is 3.56. The van der Waals surface area contributed by atoms with E-state index in [1.54, 1.807) is 0 Å². The van der Waals surface area contributed by atoms with Crippen molar-refractivity contribution in [2.75, 3.05) is 0 Å². The van der Waals surface area contributed by atoms with E-state index in [0.29, 0.717) is 19.1 Å². The molecule has 1 aromatic carbocycles. The fourth-order valence-corrected chi connectivity index (χ4v) is 1.45. The van der Waals surface area contributed by atoms with Crippen molar-refractivity contribution in [1.29, 1.82) is 0 Å². The Labute approximate surface area is 97.4 Å². The summed E-state index contributed by atoms with van der Waals surface area (Å²) < 4.78 is 75.2. The number of hydrogen-bond donors (Lipinski definition) is 1. The van der Waals surface area contributed by atoms with Crippen LogP contribution in [0.2, 0.25) is 0 Å². The fraction of sp³-hybridized carbons (Fsp3) is 0.300. The number of carbonyl (C=O) groups excluding carboxylic acids is 1. The van der Waals surface area contributed by atoms with Crippen LogP contribution in [0.1, 0.15) is 27.0 Å². The van der Waals surface area contributed by atoms with Gasteiger partial charge in [-0.15, -0.1) is 0 Å². The van der Waals surface area contributed by atoms with Gasteiger partial charge in [0.25, 0.3) is 0 Å². The number of rotatable bonds is 1. The van der Waals surface area contributed by atoms with Crippen LogP contribution in [0.4, 0.5) is 26.3 Å². The summed E-state index contributed by atoms with van der Waals surface area (Å²) in [7, 11) is 0. The Hall–Kier alpha value is -1.73. The zero-order chi connectivity index (χ0) is 14.3. The van der Waals surface area contributed by atoms with Gasteiger partial charge in [0.1, 0.15) is 0 Å². The Morgan fingerprint density at radius 3 is 1.56 bits per heavy atom. The van der Waals surface area contributed by atoms with E-state index in [1.165, 1.54) is 0 Å². The standard InChI is InChI=1S/C10H7F6NO/c1-4-6(9(11,12)13)2-5(8(17)18)3-7(4)10(14,15)16/h2-3H,1H3,(H2,17,18). The molecule has 0 saturated heterocycles. The number of hydrogen-bond acceptors (Lipinski definition) is 1. The minimum atomic E-state index is -4.99. The summed E-state index contributed by atoms with van der Waals surface area (Å²) in [5, 5.41) is 0. The quantitative estimate of drug-likeness (QED) is 0.783. The van der Waals surface area contributed by atoms with Crippen LogP contribution in [0.25, 0.3) is 0 Å². The average Bonchev–Trinajstić information content (AvgIpc) is 2.13. The highest BCUT2D eigenvalue weighted by Gasteiger charge is 2.40. The van der Waals surface area contributed by atoms with E-state index in [-0.39, 0.29) is 0 Å². The summed E-state index contributed by atoms with van der Waals surface area (Å²) in [5.74, 6) is -1.36. The molecule has 2 N–H and O–H groups in total. The maximum Gasteiger partial charge on any atom is 0.416 e. The Morgan fingerprint density at radius 1 is 1.00 bits per heavy atom. The van der Waals surface area contributed by atoms with Gasteiger partial charge in [-0.05, 0) is 24.6 Å². The lowest BCUT2D eigenvalue weighted by molar-refractivity contribution is -0.143. The average molecular weight is 271 g/mol. The summed E-state index contributed by atoms with van der Waals surface area (Å²) in [6.07, 6.45) is -9.98. The zero-order valence-corrected chi connectivity index (χ0v) is 8.91. The SMILES string of the molecule is Cc1c(C(F)(F)F)cc(C(N)=O)cc1C(F)(F)F. The van der Waals surface area contributed by atoms with Crippen molar-refractivity contribution >= 4 is 5.91 Å². The van der Waals surface area contributed by atoms with Crippen LogP contribution < -0.4 is 5.73 Å². The van der Waals surface area contributed by atoms with Crippen molar-refractivity contribution < 1.29 is 31.1 Å². The predicted molar refractivity (Wildman–Crippen MR) is 49.7 cm³/mol. The molecule has 0 aliphatic heterocycles. The van der Waals surface area contributed by atoms with Crippen molar-refractivity contribution in [3.8, 4) is 0 Å². The van der Waals surface area contributed by atoms with E-state index in [0.717, 1.165) is 0 Å². The van der Waals surface area contributed by atoms with Gasteiger partial charge in [0.05, 0.1) is 11.1 Å². The zero-order valence-electron chi connectivity index (χ0n) is 8.91. The molecule has 2 nitrogen and oxygen atoms in total. The molecule has 1 aromatic rings. The number of halogens is 6. The Balaban J connectivity index is 3.64. The first-order chi connectivity index (χ1) is 7.94. The predicted octanol–water partition coefficient (Wildman–Crippen LogP) is 3.13. The molecule has 0 atom stereocenters. The van der Waals surface area contributed by atoms with Gasteiger partial charge < -0.3 is 5.73 Å². The van der Waals surface area contributed by atoms with E-state index in [9.17, 15) is 31.1 Å². The van der Waals surface area contributed by atoms with Crippen molar-refractivity contribution in [3.05, 3.63) is 34.4 Å². The van der Waals surface area contributed by atoms with Crippen LogP contribution in [-0.2, 0) is 12.4 Å². The highest BCUT2D eigenvalue weighted by atomic mass is 19.4. The molecule has 0 heterocycles. The van der Waals surface area contributed by atoms with Gasteiger partial charge in [0.15, 0.2) is 0 Å². The lowest BCUT2D eigenvalue weighted by Crippen LogP contribution is -2.19. The van der Waals surface area contributed by atoms with Crippen molar-refractivity contribution in [2.45, 2.75) is 19.3 Å². The first-order valence-electron chi connectivity index (χ1n) is 4.53. The van der Waals surface area contributed by atoms with Crippen molar-refractivity contribution in [3.63, 3.8) is 0 Å². The van der Waals surface area contributed by atoms with E-state index in [1.807, 2.05) is 0 Å². The van der Waals surface area contributed by atoms with Crippen LogP contribution in [0, 0.1) is 6.92 Å². The number of benzene rings is 1. The third kappa shape index (κ3) is 2.74. The number of amides is 1. The van der Waals surface area contributed by atoms with Crippen molar-refractivity contribution in [2.24, 2.45) is 5.73 Å². The number of carbonyl (C=O) groups is 1. The topological polar surface area (TPSA) is 43.1 Å². The minimum Gasteiger partial charge on any atom is -0.366 e. The molecule has 0 aliphatic rings. The molecule has 0 spiro atoms. The Kier molecular flexibility index (Phi) is 3.33. The largest absolute Gasteiger partial charge is 0.416 e. The Bertz CT molecular complexity index is 453. The summed E-state index contributed by atoms with van der Waals surface area (Å²) in [4.78, 5) is 10.8. The molecule has 0 bridgehead atoms. The maximum atomic E-state index is 12.5. The summed E-state index contributed by atoms with van der Waals surface area (Å²) in [6.45, 7) is 0.691. The maximum absolute atomic E-state index is 12.5. The minimum absolute atomic E-state index is 0.312. The molecular formula is C10H7F6NO. The molecule has 0 aromatic heterocycles. The molecule has 100 valence electrons. The fourth-order valence-electron chi connectivity index (χ4n) is 1.45. The number of alkyl halides is 6. The second-order valence-electron chi connectivity index (χ2n) is 3.56. The highest BCUT2D eigenvalue weighted by Crippen LogP contribution is 2.39. The van der Waals surface area contributed by atoms with E-state index < -0.39 is 40.5 Å². The van der Waals surface area contributed by atoms with Gasteiger partial charge in [-0.3, -0.25) is 4.79 Å². The van der Waals surface area contributed by atoms with Crippen LogP contribution in [0.3, 0.4) is 0 Å². The molecule has 0 radical (unpaired) electrons. The molecule has 1 rings (SSSR count). The molecule has 1 amide bonds. The van der Waals surface area contributed by atoms with E-state index in [4.69, 9.17) is 5.73 Å². The highest BCUT2D eigenvalue weighted by molar-refractivity contribution is 5.93.